The maximum Gasteiger partial charge on any atom is 0.270 e. The first kappa shape index (κ1) is 23.4. The quantitative estimate of drug-likeness (QED) is 0.526. The van der Waals surface area contributed by atoms with Crippen LogP contribution >= 0.6 is 9.39 Å². The molecule has 0 saturated carbocycles. The number of amides is 1. The second-order valence-corrected chi connectivity index (χ2v) is 9.32. The van der Waals surface area contributed by atoms with Gasteiger partial charge in [0, 0.05) is 59.3 Å². The third-order valence-corrected chi connectivity index (χ3v) is 6.69. The van der Waals surface area contributed by atoms with Gasteiger partial charge in [0.05, 0.1) is 11.9 Å². The van der Waals surface area contributed by atoms with E-state index < -0.39 is 0 Å². The van der Waals surface area contributed by atoms with E-state index in [9.17, 15) is 4.79 Å². The lowest BCUT2D eigenvalue weighted by atomic mass is 10.1. The van der Waals surface area contributed by atoms with Crippen molar-refractivity contribution in [2.45, 2.75) is 32.7 Å². The van der Waals surface area contributed by atoms with Gasteiger partial charge in [-0.05, 0) is 31.0 Å². The Kier molecular flexibility index (Phi) is 7.10. The number of hydrogen-bond acceptors (Lipinski definition) is 7. The Morgan fingerprint density at radius 1 is 1.15 bits per heavy atom. The largest absolute Gasteiger partial charge is 0.368 e. The van der Waals surface area contributed by atoms with E-state index in [1.807, 2.05) is 18.3 Å². The van der Waals surface area contributed by atoms with Crippen molar-refractivity contribution < 1.29 is 6.22 Å². The molecule has 10 heteroatoms. The molecule has 178 valence electrons. The molecule has 1 amide bonds. The van der Waals surface area contributed by atoms with Gasteiger partial charge >= 0.3 is 0 Å². The van der Waals surface area contributed by atoms with E-state index in [1.54, 1.807) is 25.2 Å². The highest BCUT2D eigenvalue weighted by atomic mass is 31.0. The molecule has 0 radical (unpaired) electrons. The Balaban J connectivity index is 0.00000324. The summed E-state index contributed by atoms with van der Waals surface area (Å²) >= 11 is 0. The van der Waals surface area contributed by atoms with Crippen molar-refractivity contribution in [1.82, 2.24) is 29.1 Å². The number of hydrogen-bond donors (Lipinski definition) is 1. The van der Waals surface area contributed by atoms with Gasteiger partial charge in [-0.1, -0.05) is 23.2 Å². The number of nitrogens with zero attached hydrogens (tertiary/aromatic N) is 7. The van der Waals surface area contributed by atoms with Gasteiger partial charge in [-0.15, -0.1) is 0 Å². The van der Waals surface area contributed by atoms with Crippen LogP contribution in [0.3, 0.4) is 0 Å². The van der Waals surface area contributed by atoms with Gasteiger partial charge in [-0.3, -0.25) is 9.46 Å². The van der Waals surface area contributed by atoms with Gasteiger partial charge in [-0.2, -0.15) is 4.98 Å². The van der Waals surface area contributed by atoms with Crippen LogP contribution in [0, 0.1) is 0 Å². The molecule has 0 bridgehead atoms. The van der Waals surface area contributed by atoms with Crippen LogP contribution in [0.1, 0.15) is 44.6 Å². The van der Waals surface area contributed by atoms with E-state index in [-0.39, 0.29) is 13.4 Å². The third-order valence-electron chi connectivity index (χ3n) is 6.18. The van der Waals surface area contributed by atoms with Crippen molar-refractivity contribution in [1.29, 1.82) is 0 Å². The average molecular weight is 471 g/mol. The first-order valence-corrected chi connectivity index (χ1v) is 12.0. The lowest BCUT2D eigenvalue weighted by molar-refractivity contribution is 0.0815. The number of pyridine rings is 1. The lowest BCUT2D eigenvalue weighted by Crippen LogP contribution is -2.42. The lowest BCUT2D eigenvalue weighted by Gasteiger charge is -2.33. The summed E-state index contributed by atoms with van der Waals surface area (Å²) in [6, 6.07) is 6.11. The number of carbonyl (C=O) groups is 1. The fourth-order valence-corrected chi connectivity index (χ4v) is 4.46. The Bertz CT molecular complexity index is 1110. The van der Waals surface area contributed by atoms with Crippen LogP contribution in [-0.2, 0) is 0 Å². The fraction of sp³-hybridized carbons (Fsp3) is 0.478. The van der Waals surface area contributed by atoms with Gasteiger partial charge in [0.15, 0.2) is 0 Å². The number of nitrogens with one attached hydrogen (secondary N) is 1. The van der Waals surface area contributed by atoms with Crippen LogP contribution in [0.2, 0.25) is 0 Å². The molecule has 33 heavy (non-hydrogen) atoms. The Morgan fingerprint density at radius 3 is 2.48 bits per heavy atom. The maximum absolute atomic E-state index is 12.9. The maximum atomic E-state index is 12.9. The van der Waals surface area contributed by atoms with Gasteiger partial charge in [-0.25, -0.2) is 9.97 Å². The molecule has 1 unspecified atom stereocenters. The van der Waals surface area contributed by atoms with Gasteiger partial charge in [0.25, 0.3) is 5.91 Å². The first-order chi connectivity index (χ1) is 15.9. The van der Waals surface area contributed by atoms with Crippen LogP contribution in [0.15, 0.2) is 30.6 Å². The molecule has 0 spiro atoms. The summed E-state index contributed by atoms with van der Waals surface area (Å²) in [6.45, 7) is 8.28. The summed E-state index contributed by atoms with van der Waals surface area (Å²) in [4.78, 5) is 30.6. The van der Waals surface area contributed by atoms with E-state index in [0.29, 0.717) is 17.5 Å². The third kappa shape index (κ3) is 4.94. The molecule has 0 aliphatic carbocycles. The summed E-state index contributed by atoms with van der Waals surface area (Å²) in [5.74, 6) is 1.12. The van der Waals surface area contributed by atoms with E-state index in [0.717, 1.165) is 55.7 Å². The predicted molar refractivity (Wildman–Crippen MR) is 138 cm³/mol. The summed E-state index contributed by atoms with van der Waals surface area (Å²) < 4.78 is 4.31. The molecule has 1 aliphatic rings. The standard InChI is InChI=1S/C23H33N8OP.H2/c1-5-17(6-2)31-19(22(32)28(3)4)13-16-14-25-23(27-21(16)31)26-20-8-7-18(15-24-20)29-9-11-30(33)12-10-29;/h7-8,13-15,17H,5-6,9-12,33H2,1-4H3,(H,24,25,26,27);1H. The summed E-state index contributed by atoms with van der Waals surface area (Å²) in [5, 5.41) is 4.08. The molecule has 9 nitrogen and oxygen atoms in total. The number of anilines is 3. The summed E-state index contributed by atoms with van der Waals surface area (Å²) in [5.41, 5.74) is 2.52. The number of fused-ring (bicyclic) bond motifs is 1. The predicted octanol–water partition coefficient (Wildman–Crippen LogP) is 3.79. The van der Waals surface area contributed by atoms with Crippen LogP contribution < -0.4 is 10.2 Å². The molecule has 3 aromatic heterocycles. The number of piperazine rings is 1. The van der Waals surface area contributed by atoms with Crippen LogP contribution in [0.5, 0.6) is 0 Å². The second kappa shape index (κ2) is 10.0. The highest BCUT2D eigenvalue weighted by Gasteiger charge is 2.23. The van der Waals surface area contributed by atoms with Gasteiger partial charge in [0.1, 0.15) is 17.2 Å². The van der Waals surface area contributed by atoms with Crippen molar-refractivity contribution in [2.75, 3.05) is 50.5 Å². The molecule has 1 fully saturated rings. The van der Waals surface area contributed by atoms with Crippen LogP contribution in [0.25, 0.3) is 11.0 Å². The summed E-state index contributed by atoms with van der Waals surface area (Å²) in [6.07, 6.45) is 5.48. The average Bonchev–Trinajstić information content (AvgIpc) is 3.19. The number of rotatable bonds is 7. The Morgan fingerprint density at radius 2 is 1.88 bits per heavy atom. The van der Waals surface area contributed by atoms with Gasteiger partial charge < -0.3 is 19.7 Å². The molecule has 1 N–H and O–H groups in total. The van der Waals surface area contributed by atoms with Crippen molar-refractivity contribution in [3.8, 4) is 0 Å². The molecule has 4 rings (SSSR count). The molecular formula is C23H35N8OP. The molecule has 4 heterocycles. The molecule has 1 aliphatic heterocycles. The van der Waals surface area contributed by atoms with E-state index >= 15 is 0 Å². The molecule has 3 aromatic rings. The minimum absolute atomic E-state index is 0. The second-order valence-electron chi connectivity index (χ2n) is 8.59. The zero-order chi connectivity index (χ0) is 23.5. The van der Waals surface area contributed by atoms with Crippen LogP contribution in [-0.4, -0.2) is 75.3 Å². The molecule has 1 atom stereocenters. The van der Waals surface area contributed by atoms with Crippen molar-refractivity contribution >= 4 is 43.8 Å². The molecular weight excluding hydrogens is 435 g/mol. The Hall–Kier alpha value is -2.77. The van der Waals surface area contributed by atoms with Crippen molar-refractivity contribution in [3.05, 3.63) is 36.3 Å². The smallest absolute Gasteiger partial charge is 0.270 e. The molecule has 0 aromatic carbocycles. The normalized spacial score (nSPS) is 14.8. The number of carbonyl (C=O) groups excluding carboxylic acids is 1. The highest BCUT2D eigenvalue weighted by Crippen LogP contribution is 2.28. The van der Waals surface area contributed by atoms with Crippen molar-refractivity contribution in [3.63, 3.8) is 0 Å². The molecule has 1 saturated heterocycles. The number of aromatic nitrogens is 4. The van der Waals surface area contributed by atoms with E-state index in [1.165, 1.54) is 0 Å². The zero-order valence-electron chi connectivity index (χ0n) is 19.8. The Labute approximate surface area is 198 Å². The highest BCUT2D eigenvalue weighted by molar-refractivity contribution is 7.13. The topological polar surface area (TPSA) is 82.4 Å². The SMILES string of the molecule is CCC(CC)n1c(C(=O)N(C)C)cc2cnc(Nc3ccc(N4CCN(P)CC4)cn3)nc21.[HH]. The zero-order valence-corrected chi connectivity index (χ0v) is 21.0. The van der Waals surface area contributed by atoms with E-state index in [2.05, 4.69) is 58.7 Å². The summed E-state index contributed by atoms with van der Waals surface area (Å²) in [7, 11) is 6.31. The minimum atomic E-state index is -0.0332. The van der Waals surface area contributed by atoms with Crippen molar-refractivity contribution in [2.24, 2.45) is 0 Å². The fourth-order valence-electron chi connectivity index (χ4n) is 4.23. The van der Waals surface area contributed by atoms with Crippen LogP contribution in [0.4, 0.5) is 17.5 Å². The minimum Gasteiger partial charge on any atom is -0.368 e. The van der Waals surface area contributed by atoms with E-state index in [4.69, 9.17) is 4.98 Å². The van der Waals surface area contributed by atoms with Gasteiger partial charge in [0.2, 0.25) is 5.95 Å². The monoisotopic (exact) mass is 470 g/mol. The first-order valence-electron chi connectivity index (χ1n) is 11.5.